The molecule has 0 spiro atoms. The Labute approximate surface area is 103 Å². The zero-order valence-corrected chi connectivity index (χ0v) is 10.4. The van der Waals surface area contributed by atoms with Gasteiger partial charge in [0.05, 0.1) is 19.6 Å². The Morgan fingerprint density at radius 1 is 1.35 bits per heavy atom. The number of ether oxygens (including phenoxy) is 1. The molecule has 0 bridgehead atoms. The van der Waals surface area contributed by atoms with Gasteiger partial charge in [-0.2, -0.15) is 5.26 Å². The monoisotopic (exact) mass is 230 g/mol. The third-order valence-corrected chi connectivity index (χ3v) is 2.49. The fourth-order valence-electron chi connectivity index (χ4n) is 1.54. The average Bonchev–Trinajstić information content (AvgIpc) is 2.39. The van der Waals surface area contributed by atoms with Crippen molar-refractivity contribution in [2.45, 2.75) is 13.3 Å². The van der Waals surface area contributed by atoms with Gasteiger partial charge in [-0.3, -0.25) is 0 Å². The number of hydrogen-bond acceptors (Lipinski definition) is 3. The van der Waals surface area contributed by atoms with E-state index >= 15 is 0 Å². The number of allylic oxidation sites excluding steroid dienone is 1. The molecule has 1 aromatic rings. The molecular formula is C14H18N2O. The summed E-state index contributed by atoms with van der Waals surface area (Å²) in [5.41, 5.74) is 1.11. The highest BCUT2D eigenvalue weighted by molar-refractivity contribution is 5.49. The van der Waals surface area contributed by atoms with Crippen LogP contribution in [0.15, 0.2) is 36.4 Å². The lowest BCUT2D eigenvalue weighted by Crippen LogP contribution is -2.24. The molecule has 17 heavy (non-hydrogen) atoms. The first kappa shape index (κ1) is 13.1. The van der Waals surface area contributed by atoms with Gasteiger partial charge in [-0.1, -0.05) is 12.2 Å². The molecule has 0 unspecified atom stereocenters. The van der Waals surface area contributed by atoms with Crippen LogP contribution in [0.2, 0.25) is 0 Å². The molecule has 1 rings (SSSR count). The standard InChI is InChI=1S/C14H18N2O/c1-3-4-11-16(12-5-10-15)13-6-8-14(17-2)9-7-13/h3-4,6-9H,5,11-12H2,1-2H3. The van der Waals surface area contributed by atoms with Crippen molar-refractivity contribution in [2.75, 3.05) is 25.1 Å². The van der Waals surface area contributed by atoms with Gasteiger partial charge in [0, 0.05) is 18.8 Å². The largest absolute Gasteiger partial charge is 0.497 e. The minimum atomic E-state index is 0.531. The lowest BCUT2D eigenvalue weighted by molar-refractivity contribution is 0.415. The first-order valence-corrected chi connectivity index (χ1v) is 5.69. The Morgan fingerprint density at radius 2 is 2.06 bits per heavy atom. The SMILES string of the molecule is CC=CCN(CCC#N)c1ccc(OC)cc1. The molecule has 0 aromatic heterocycles. The molecule has 3 heteroatoms. The summed E-state index contributed by atoms with van der Waals surface area (Å²) in [5.74, 6) is 0.847. The third kappa shape index (κ3) is 4.20. The lowest BCUT2D eigenvalue weighted by Gasteiger charge is -2.22. The smallest absolute Gasteiger partial charge is 0.119 e. The highest BCUT2D eigenvalue weighted by Crippen LogP contribution is 2.19. The maximum atomic E-state index is 8.65. The van der Waals surface area contributed by atoms with Gasteiger partial charge in [0.1, 0.15) is 5.75 Å². The van der Waals surface area contributed by atoms with Crippen LogP contribution < -0.4 is 9.64 Å². The van der Waals surface area contributed by atoms with Crippen molar-refractivity contribution in [3.63, 3.8) is 0 Å². The zero-order chi connectivity index (χ0) is 12.5. The summed E-state index contributed by atoms with van der Waals surface area (Å²) in [7, 11) is 1.66. The van der Waals surface area contributed by atoms with E-state index in [1.165, 1.54) is 0 Å². The van der Waals surface area contributed by atoms with Crippen LogP contribution in [-0.4, -0.2) is 20.2 Å². The normalized spacial score (nSPS) is 10.2. The minimum Gasteiger partial charge on any atom is -0.497 e. The van der Waals surface area contributed by atoms with Crippen molar-refractivity contribution in [2.24, 2.45) is 0 Å². The Bertz CT molecular complexity index is 390. The molecule has 0 heterocycles. The van der Waals surface area contributed by atoms with Crippen LogP contribution in [0.3, 0.4) is 0 Å². The Hall–Kier alpha value is -1.95. The van der Waals surface area contributed by atoms with Crippen LogP contribution in [-0.2, 0) is 0 Å². The second-order valence-corrected chi connectivity index (χ2v) is 3.62. The summed E-state index contributed by atoms with van der Waals surface area (Å²) in [5, 5.41) is 8.65. The Kier molecular flexibility index (Phi) is 5.67. The van der Waals surface area contributed by atoms with E-state index in [1.54, 1.807) is 7.11 Å². The summed E-state index contributed by atoms with van der Waals surface area (Å²) in [6.07, 6.45) is 4.63. The number of hydrogen-bond donors (Lipinski definition) is 0. The van der Waals surface area contributed by atoms with E-state index in [9.17, 15) is 0 Å². The topological polar surface area (TPSA) is 36.3 Å². The number of nitrogens with zero attached hydrogens (tertiary/aromatic N) is 2. The molecule has 0 aliphatic heterocycles. The molecule has 1 aromatic carbocycles. The molecule has 0 N–H and O–H groups in total. The maximum Gasteiger partial charge on any atom is 0.119 e. The van der Waals surface area contributed by atoms with Crippen LogP contribution in [0.4, 0.5) is 5.69 Å². The van der Waals surface area contributed by atoms with E-state index in [2.05, 4.69) is 17.0 Å². The van der Waals surface area contributed by atoms with Crippen molar-refractivity contribution in [3.05, 3.63) is 36.4 Å². The molecule has 90 valence electrons. The van der Waals surface area contributed by atoms with E-state index in [4.69, 9.17) is 10.00 Å². The van der Waals surface area contributed by atoms with Crippen molar-refractivity contribution in [1.29, 1.82) is 5.26 Å². The summed E-state index contributed by atoms with van der Waals surface area (Å²) in [6, 6.07) is 10.1. The van der Waals surface area contributed by atoms with Crippen molar-refractivity contribution in [1.82, 2.24) is 0 Å². The first-order chi connectivity index (χ1) is 8.31. The second-order valence-electron chi connectivity index (χ2n) is 3.62. The van der Waals surface area contributed by atoms with Crippen molar-refractivity contribution < 1.29 is 4.74 Å². The molecule has 0 saturated carbocycles. The van der Waals surface area contributed by atoms with Gasteiger partial charge in [0.15, 0.2) is 0 Å². The number of anilines is 1. The third-order valence-electron chi connectivity index (χ3n) is 2.49. The molecule has 0 aliphatic rings. The van der Waals surface area contributed by atoms with Crippen LogP contribution in [0.5, 0.6) is 5.75 Å². The molecule has 0 aliphatic carbocycles. The first-order valence-electron chi connectivity index (χ1n) is 5.69. The van der Waals surface area contributed by atoms with Gasteiger partial charge in [-0.25, -0.2) is 0 Å². The van der Waals surface area contributed by atoms with Gasteiger partial charge in [0.25, 0.3) is 0 Å². The molecule has 0 radical (unpaired) electrons. The predicted molar refractivity (Wildman–Crippen MR) is 70.3 cm³/mol. The van der Waals surface area contributed by atoms with Gasteiger partial charge in [-0.05, 0) is 31.2 Å². The van der Waals surface area contributed by atoms with E-state index in [-0.39, 0.29) is 0 Å². The molecule has 0 saturated heterocycles. The summed E-state index contributed by atoms with van der Waals surface area (Å²) in [4.78, 5) is 2.17. The van der Waals surface area contributed by atoms with Crippen LogP contribution >= 0.6 is 0 Å². The molecular weight excluding hydrogens is 212 g/mol. The van der Waals surface area contributed by atoms with Gasteiger partial charge in [-0.15, -0.1) is 0 Å². The fourth-order valence-corrected chi connectivity index (χ4v) is 1.54. The summed E-state index contributed by atoms with van der Waals surface area (Å²) >= 11 is 0. The van der Waals surface area contributed by atoms with E-state index in [0.29, 0.717) is 6.42 Å². The van der Waals surface area contributed by atoms with Gasteiger partial charge in [0.2, 0.25) is 0 Å². The van der Waals surface area contributed by atoms with Gasteiger partial charge >= 0.3 is 0 Å². The second kappa shape index (κ2) is 7.34. The number of benzene rings is 1. The predicted octanol–water partition coefficient (Wildman–Crippen LogP) is 2.99. The van der Waals surface area contributed by atoms with E-state index < -0.39 is 0 Å². The molecule has 0 amide bonds. The van der Waals surface area contributed by atoms with Gasteiger partial charge < -0.3 is 9.64 Å². The quantitative estimate of drug-likeness (QED) is 0.705. The van der Waals surface area contributed by atoms with Crippen LogP contribution in [0.1, 0.15) is 13.3 Å². The minimum absolute atomic E-state index is 0.531. The molecule has 0 atom stereocenters. The maximum absolute atomic E-state index is 8.65. The molecule has 0 fully saturated rings. The average molecular weight is 230 g/mol. The lowest BCUT2D eigenvalue weighted by atomic mass is 10.2. The number of nitriles is 1. The summed E-state index contributed by atoms with van der Waals surface area (Å²) < 4.78 is 5.13. The highest BCUT2D eigenvalue weighted by Gasteiger charge is 2.04. The highest BCUT2D eigenvalue weighted by atomic mass is 16.5. The molecule has 3 nitrogen and oxygen atoms in total. The number of rotatable bonds is 6. The fraction of sp³-hybridized carbons (Fsp3) is 0.357. The van der Waals surface area contributed by atoms with E-state index in [0.717, 1.165) is 24.5 Å². The Balaban J connectivity index is 2.76. The van der Waals surface area contributed by atoms with E-state index in [1.807, 2.05) is 37.3 Å². The van der Waals surface area contributed by atoms with Crippen molar-refractivity contribution in [3.8, 4) is 11.8 Å². The van der Waals surface area contributed by atoms with Crippen molar-refractivity contribution >= 4 is 5.69 Å². The number of methoxy groups -OCH3 is 1. The Morgan fingerprint density at radius 3 is 2.59 bits per heavy atom. The van der Waals surface area contributed by atoms with Crippen LogP contribution in [0.25, 0.3) is 0 Å². The van der Waals surface area contributed by atoms with Crippen LogP contribution in [0, 0.1) is 11.3 Å². The summed E-state index contributed by atoms with van der Waals surface area (Å²) in [6.45, 7) is 3.56. The zero-order valence-electron chi connectivity index (χ0n) is 10.4.